The highest BCUT2D eigenvalue weighted by molar-refractivity contribution is 5.68. The number of amides is 1. The molecule has 6 nitrogen and oxygen atoms in total. The van der Waals surface area contributed by atoms with Gasteiger partial charge in [0.1, 0.15) is 5.60 Å². The maximum Gasteiger partial charge on any atom is 0.410 e. The molecule has 25 heavy (non-hydrogen) atoms. The average Bonchev–Trinajstić information content (AvgIpc) is 3.07. The van der Waals surface area contributed by atoms with Crippen molar-refractivity contribution in [1.82, 2.24) is 19.9 Å². The van der Waals surface area contributed by atoms with Gasteiger partial charge in [-0.2, -0.15) is 15.0 Å². The van der Waals surface area contributed by atoms with Crippen LogP contribution in [0.4, 0.5) is 4.79 Å². The molecule has 0 bridgehead atoms. The number of aromatic nitrogens is 3. The molecule has 3 rings (SSSR count). The van der Waals surface area contributed by atoms with Crippen LogP contribution in [0.5, 0.6) is 0 Å². The number of ether oxygens (including phenoxy) is 1. The summed E-state index contributed by atoms with van der Waals surface area (Å²) in [6, 6.07) is 0. The molecule has 0 unspecified atom stereocenters. The van der Waals surface area contributed by atoms with E-state index in [2.05, 4.69) is 10.2 Å². The standard InChI is InChI=1S/C19H32N4O2/c1-18(2,3)25-17(24)22-13-9-19(10-14-22,15-23-20-11-12-21-23)16-7-5-4-6-8-16/h11-12,16H,4-10,13-15H2,1-3H3. The highest BCUT2D eigenvalue weighted by Gasteiger charge is 2.43. The molecular weight excluding hydrogens is 316 g/mol. The van der Waals surface area contributed by atoms with E-state index in [1.54, 1.807) is 12.4 Å². The summed E-state index contributed by atoms with van der Waals surface area (Å²) in [5.41, 5.74) is -0.230. The van der Waals surface area contributed by atoms with Gasteiger partial charge >= 0.3 is 6.09 Å². The fourth-order valence-corrected chi connectivity index (χ4v) is 4.48. The predicted molar refractivity (Wildman–Crippen MR) is 96.1 cm³/mol. The second-order valence-corrected chi connectivity index (χ2v) is 8.72. The Morgan fingerprint density at radius 1 is 1.12 bits per heavy atom. The van der Waals surface area contributed by atoms with Gasteiger partial charge in [0.15, 0.2) is 0 Å². The van der Waals surface area contributed by atoms with Gasteiger partial charge in [-0.25, -0.2) is 4.79 Å². The van der Waals surface area contributed by atoms with Crippen molar-refractivity contribution < 1.29 is 9.53 Å². The molecule has 1 aromatic rings. The van der Waals surface area contributed by atoms with Crippen LogP contribution in [0.2, 0.25) is 0 Å². The van der Waals surface area contributed by atoms with E-state index >= 15 is 0 Å². The van der Waals surface area contributed by atoms with Crippen LogP contribution in [0.15, 0.2) is 12.4 Å². The van der Waals surface area contributed by atoms with Crippen LogP contribution < -0.4 is 0 Å². The Morgan fingerprint density at radius 3 is 2.28 bits per heavy atom. The van der Waals surface area contributed by atoms with Crippen molar-refractivity contribution in [3.05, 3.63) is 12.4 Å². The molecule has 2 fully saturated rings. The van der Waals surface area contributed by atoms with Crippen LogP contribution in [0.1, 0.15) is 65.7 Å². The Kier molecular flexibility index (Phi) is 5.35. The minimum Gasteiger partial charge on any atom is -0.444 e. The van der Waals surface area contributed by atoms with E-state index in [9.17, 15) is 4.79 Å². The summed E-state index contributed by atoms with van der Waals surface area (Å²) in [7, 11) is 0. The van der Waals surface area contributed by atoms with Crippen molar-refractivity contribution in [2.24, 2.45) is 11.3 Å². The van der Waals surface area contributed by atoms with Crippen molar-refractivity contribution in [3.63, 3.8) is 0 Å². The third kappa shape index (κ3) is 4.53. The van der Waals surface area contributed by atoms with Crippen molar-refractivity contribution >= 4 is 6.09 Å². The molecule has 2 aliphatic rings. The molecular formula is C19H32N4O2. The first-order chi connectivity index (χ1) is 11.9. The Bertz CT molecular complexity index is 550. The van der Waals surface area contributed by atoms with Crippen LogP contribution in [-0.4, -0.2) is 44.7 Å². The first-order valence-electron chi connectivity index (χ1n) is 9.70. The second-order valence-electron chi connectivity index (χ2n) is 8.72. The van der Waals surface area contributed by atoms with E-state index in [0.717, 1.165) is 32.5 Å². The van der Waals surface area contributed by atoms with Gasteiger partial charge < -0.3 is 9.64 Å². The highest BCUT2D eigenvalue weighted by Crippen LogP contribution is 2.47. The van der Waals surface area contributed by atoms with Gasteiger partial charge in [0.2, 0.25) is 0 Å². The molecule has 6 heteroatoms. The fourth-order valence-electron chi connectivity index (χ4n) is 4.48. The van der Waals surface area contributed by atoms with Gasteiger partial charge in [0.25, 0.3) is 0 Å². The molecule has 0 atom stereocenters. The first kappa shape index (κ1) is 18.2. The van der Waals surface area contributed by atoms with E-state index < -0.39 is 5.60 Å². The van der Waals surface area contributed by atoms with E-state index in [1.165, 1.54) is 32.1 Å². The molecule has 1 aromatic heterocycles. The molecule has 1 aliphatic heterocycles. The molecule has 1 amide bonds. The number of rotatable bonds is 3. The van der Waals surface area contributed by atoms with Crippen molar-refractivity contribution in [1.29, 1.82) is 0 Å². The summed E-state index contributed by atoms with van der Waals surface area (Å²) in [6.07, 6.45) is 12.0. The van der Waals surface area contributed by atoms with E-state index in [4.69, 9.17) is 4.74 Å². The molecule has 0 N–H and O–H groups in total. The van der Waals surface area contributed by atoms with Gasteiger partial charge in [-0.1, -0.05) is 19.3 Å². The molecule has 0 aromatic carbocycles. The summed E-state index contributed by atoms with van der Waals surface area (Å²) in [5.74, 6) is 0.716. The minimum atomic E-state index is -0.437. The predicted octanol–water partition coefficient (Wildman–Crippen LogP) is 3.88. The molecule has 0 spiro atoms. The number of piperidine rings is 1. The topological polar surface area (TPSA) is 60.2 Å². The van der Waals surface area contributed by atoms with Gasteiger partial charge in [-0.3, -0.25) is 0 Å². The zero-order valence-electron chi connectivity index (χ0n) is 15.9. The fraction of sp³-hybridized carbons (Fsp3) is 0.842. The Balaban J connectivity index is 1.69. The van der Waals surface area contributed by atoms with Crippen LogP contribution in [0.3, 0.4) is 0 Å². The normalized spacial score (nSPS) is 22.0. The molecule has 140 valence electrons. The van der Waals surface area contributed by atoms with Gasteiger partial charge in [-0.05, 0) is 57.8 Å². The van der Waals surface area contributed by atoms with E-state index in [1.807, 2.05) is 30.5 Å². The maximum atomic E-state index is 12.4. The Hall–Kier alpha value is -1.59. The van der Waals surface area contributed by atoms with Crippen molar-refractivity contribution in [3.8, 4) is 0 Å². The zero-order valence-corrected chi connectivity index (χ0v) is 15.9. The quantitative estimate of drug-likeness (QED) is 0.832. The van der Waals surface area contributed by atoms with Crippen molar-refractivity contribution in [2.75, 3.05) is 13.1 Å². The van der Waals surface area contributed by atoms with Crippen LogP contribution in [-0.2, 0) is 11.3 Å². The summed E-state index contributed by atoms with van der Waals surface area (Å²) in [6.45, 7) is 8.17. The number of nitrogens with zero attached hydrogens (tertiary/aromatic N) is 4. The smallest absolute Gasteiger partial charge is 0.410 e. The number of likely N-dealkylation sites (tertiary alicyclic amines) is 1. The molecule has 0 radical (unpaired) electrons. The zero-order chi connectivity index (χ0) is 17.9. The van der Waals surface area contributed by atoms with Crippen LogP contribution in [0.25, 0.3) is 0 Å². The highest BCUT2D eigenvalue weighted by atomic mass is 16.6. The summed E-state index contributed by atoms with van der Waals surface area (Å²) < 4.78 is 5.55. The second kappa shape index (κ2) is 7.34. The van der Waals surface area contributed by atoms with Gasteiger partial charge in [0.05, 0.1) is 18.9 Å². The van der Waals surface area contributed by atoms with Gasteiger partial charge in [0, 0.05) is 13.1 Å². The summed E-state index contributed by atoms with van der Waals surface area (Å²) >= 11 is 0. The lowest BCUT2D eigenvalue weighted by Gasteiger charge is -2.47. The van der Waals surface area contributed by atoms with Crippen molar-refractivity contribution in [2.45, 2.75) is 77.9 Å². The number of carbonyl (C=O) groups is 1. The van der Waals surface area contributed by atoms with E-state index in [-0.39, 0.29) is 11.5 Å². The first-order valence-corrected chi connectivity index (χ1v) is 9.70. The largest absolute Gasteiger partial charge is 0.444 e. The monoisotopic (exact) mass is 348 g/mol. The van der Waals surface area contributed by atoms with E-state index in [0.29, 0.717) is 5.92 Å². The lowest BCUT2D eigenvalue weighted by Crippen LogP contribution is -2.49. The maximum absolute atomic E-state index is 12.4. The van der Waals surface area contributed by atoms with Crippen LogP contribution in [0, 0.1) is 11.3 Å². The summed E-state index contributed by atoms with van der Waals surface area (Å²) in [4.78, 5) is 16.1. The Morgan fingerprint density at radius 2 is 1.72 bits per heavy atom. The third-order valence-corrected chi connectivity index (χ3v) is 5.81. The van der Waals surface area contributed by atoms with Crippen LogP contribution >= 0.6 is 0 Å². The van der Waals surface area contributed by atoms with Gasteiger partial charge in [-0.15, -0.1) is 0 Å². The molecule has 1 saturated heterocycles. The molecule has 2 heterocycles. The number of carbonyl (C=O) groups excluding carboxylic acids is 1. The Labute approximate surface area is 150 Å². The summed E-state index contributed by atoms with van der Waals surface area (Å²) in [5, 5.41) is 8.71. The SMILES string of the molecule is CC(C)(C)OC(=O)N1CCC(Cn2nccn2)(C2CCCCC2)CC1. The lowest BCUT2D eigenvalue weighted by molar-refractivity contribution is -0.0150. The average molecular weight is 348 g/mol. The lowest BCUT2D eigenvalue weighted by atomic mass is 9.64. The molecule has 1 saturated carbocycles. The molecule has 1 aliphatic carbocycles. The number of hydrogen-bond donors (Lipinski definition) is 0. The third-order valence-electron chi connectivity index (χ3n) is 5.81. The number of hydrogen-bond acceptors (Lipinski definition) is 4. The minimum absolute atomic E-state index is 0.179.